The zero-order valence-electron chi connectivity index (χ0n) is 18.7. The molecule has 0 heterocycles. The summed E-state index contributed by atoms with van der Waals surface area (Å²) in [6.45, 7) is 1.75. The number of esters is 1. The van der Waals surface area contributed by atoms with Gasteiger partial charge in [0.25, 0.3) is 0 Å². The molecule has 1 atom stereocenters. The molecule has 0 fully saturated rings. The molecule has 0 aliphatic carbocycles. The molecule has 0 bridgehead atoms. The number of aliphatic hydroxyl groups is 3. The third kappa shape index (κ3) is 19.7. The van der Waals surface area contributed by atoms with Crippen molar-refractivity contribution in [3.05, 3.63) is 0 Å². The minimum absolute atomic E-state index is 0.104. The summed E-state index contributed by atoms with van der Waals surface area (Å²) in [5.74, 6) is -5.30. The number of unbranched alkanes of at least 4 members (excludes halogenated alkanes) is 8. The van der Waals surface area contributed by atoms with Gasteiger partial charge < -0.3 is 35.4 Å². The van der Waals surface area contributed by atoms with Crippen LogP contribution in [-0.2, 0) is 23.9 Å². The third-order valence-corrected chi connectivity index (χ3v) is 4.42. The highest BCUT2D eigenvalue weighted by atomic mass is 16.5. The summed E-state index contributed by atoms with van der Waals surface area (Å²) in [5, 5.41) is 51.4. The Morgan fingerprint density at radius 3 is 1.62 bits per heavy atom. The monoisotopic (exact) mass is 466 g/mol. The average Bonchev–Trinajstić information content (AvgIpc) is 2.69. The molecule has 0 saturated heterocycles. The van der Waals surface area contributed by atoms with Crippen LogP contribution < -0.4 is 0 Å². The summed E-state index contributed by atoms with van der Waals surface area (Å²) in [7, 11) is 0. The quantitative estimate of drug-likeness (QED) is 0.126. The minimum Gasteiger partial charge on any atom is -0.481 e. The van der Waals surface area contributed by atoms with Gasteiger partial charge in [-0.25, -0.2) is 4.79 Å². The van der Waals surface area contributed by atoms with Crippen molar-refractivity contribution in [1.29, 1.82) is 0 Å². The second-order valence-corrected chi connectivity index (χ2v) is 7.58. The van der Waals surface area contributed by atoms with Gasteiger partial charge in [-0.2, -0.15) is 0 Å². The highest BCUT2D eigenvalue weighted by molar-refractivity contribution is 5.88. The molecule has 0 spiro atoms. The molecule has 0 rings (SSSR count). The van der Waals surface area contributed by atoms with Gasteiger partial charge in [-0.15, -0.1) is 0 Å². The molecule has 0 radical (unpaired) electrons. The van der Waals surface area contributed by atoms with Crippen LogP contribution in [0.1, 0.15) is 84.0 Å². The second kappa shape index (κ2) is 19.4. The Morgan fingerprint density at radius 2 is 1.25 bits per heavy atom. The van der Waals surface area contributed by atoms with Crippen molar-refractivity contribution in [2.24, 2.45) is 0 Å². The van der Waals surface area contributed by atoms with Gasteiger partial charge in [0.05, 0.1) is 19.4 Å². The Kier molecular flexibility index (Phi) is 19.4. The predicted molar refractivity (Wildman–Crippen MR) is 113 cm³/mol. The van der Waals surface area contributed by atoms with Crippen molar-refractivity contribution >= 4 is 23.9 Å². The van der Waals surface area contributed by atoms with Crippen molar-refractivity contribution in [1.82, 2.24) is 0 Å². The van der Waals surface area contributed by atoms with Crippen LogP contribution in [0.4, 0.5) is 0 Å². The Morgan fingerprint density at radius 1 is 0.812 bits per heavy atom. The number of aliphatic hydroxyl groups excluding tert-OH is 2. The molecule has 6 N–H and O–H groups in total. The maximum atomic E-state index is 11.3. The number of ether oxygens (including phenoxy) is 1. The van der Waals surface area contributed by atoms with Crippen LogP contribution in [0.5, 0.6) is 0 Å². The lowest BCUT2D eigenvalue weighted by atomic mass is 9.96. The Bertz CT molecular complexity index is 532. The number of aliphatic carboxylic acids is 3. The Balaban J connectivity index is 0. The number of rotatable bonds is 18. The molecular weight excluding hydrogens is 428 g/mol. The minimum atomic E-state index is -2.74. The number of hydrogen-bond acceptors (Lipinski definition) is 8. The molecular formula is C21H38O11. The molecule has 0 aromatic heterocycles. The van der Waals surface area contributed by atoms with Gasteiger partial charge >= 0.3 is 23.9 Å². The zero-order valence-corrected chi connectivity index (χ0v) is 18.7. The van der Waals surface area contributed by atoms with Crippen LogP contribution in [-0.4, -0.2) is 79.4 Å². The normalized spacial score (nSPS) is 11.8. The predicted octanol–water partition coefficient (Wildman–Crippen LogP) is 1.56. The summed E-state index contributed by atoms with van der Waals surface area (Å²) < 4.78 is 4.82. The summed E-state index contributed by atoms with van der Waals surface area (Å²) in [5.41, 5.74) is -2.74. The van der Waals surface area contributed by atoms with Gasteiger partial charge in [-0.3, -0.25) is 14.4 Å². The SMILES string of the molecule is CCCCCCCCCCCC(=O)OCC(O)CO.O=C(O)CC(O)(CC(=O)O)C(=O)O. The highest BCUT2D eigenvalue weighted by Crippen LogP contribution is 2.15. The highest BCUT2D eigenvalue weighted by Gasteiger charge is 2.40. The zero-order chi connectivity index (χ0) is 25.0. The maximum absolute atomic E-state index is 11.3. The fourth-order valence-corrected chi connectivity index (χ4v) is 2.61. The van der Waals surface area contributed by atoms with Crippen molar-refractivity contribution < 1.29 is 54.6 Å². The summed E-state index contributed by atoms with van der Waals surface area (Å²) in [4.78, 5) is 41.7. The lowest BCUT2D eigenvalue weighted by Gasteiger charge is -2.18. The van der Waals surface area contributed by atoms with E-state index in [9.17, 15) is 19.2 Å². The van der Waals surface area contributed by atoms with E-state index in [2.05, 4.69) is 6.92 Å². The first-order chi connectivity index (χ1) is 15.0. The number of hydrogen-bond donors (Lipinski definition) is 6. The Labute approximate surface area is 188 Å². The topological polar surface area (TPSA) is 199 Å². The first-order valence-electron chi connectivity index (χ1n) is 10.8. The Hall–Kier alpha value is -2.24. The van der Waals surface area contributed by atoms with Crippen LogP contribution >= 0.6 is 0 Å². The van der Waals surface area contributed by atoms with E-state index in [1.54, 1.807) is 0 Å². The van der Waals surface area contributed by atoms with Gasteiger partial charge in [0, 0.05) is 6.42 Å². The molecule has 188 valence electrons. The maximum Gasteiger partial charge on any atom is 0.336 e. The van der Waals surface area contributed by atoms with E-state index >= 15 is 0 Å². The molecule has 0 aliphatic heterocycles. The number of carbonyl (C=O) groups excluding carboxylic acids is 1. The van der Waals surface area contributed by atoms with Crippen molar-refractivity contribution in [2.75, 3.05) is 13.2 Å². The molecule has 0 amide bonds. The van der Waals surface area contributed by atoms with E-state index in [1.165, 1.54) is 44.9 Å². The molecule has 0 aliphatic rings. The largest absolute Gasteiger partial charge is 0.481 e. The molecule has 11 nitrogen and oxygen atoms in total. The summed E-state index contributed by atoms with van der Waals surface area (Å²) >= 11 is 0. The average molecular weight is 467 g/mol. The van der Waals surface area contributed by atoms with Gasteiger partial charge in [0.1, 0.15) is 12.7 Å². The van der Waals surface area contributed by atoms with E-state index in [4.69, 9.17) is 35.4 Å². The first-order valence-corrected chi connectivity index (χ1v) is 10.8. The van der Waals surface area contributed by atoms with Crippen molar-refractivity contribution in [2.45, 2.75) is 95.7 Å². The fraction of sp³-hybridized carbons (Fsp3) is 0.810. The number of carboxylic acid groups (broad SMARTS) is 3. The van der Waals surface area contributed by atoms with E-state index in [0.29, 0.717) is 6.42 Å². The molecule has 11 heteroatoms. The van der Waals surface area contributed by atoms with Crippen LogP contribution in [0.25, 0.3) is 0 Å². The lowest BCUT2D eigenvalue weighted by Crippen LogP contribution is -2.42. The first kappa shape index (κ1) is 31.9. The van der Waals surface area contributed by atoms with Crippen LogP contribution in [0, 0.1) is 0 Å². The van der Waals surface area contributed by atoms with Gasteiger partial charge in [-0.05, 0) is 6.42 Å². The van der Waals surface area contributed by atoms with E-state index < -0.39 is 42.5 Å². The molecule has 0 aromatic carbocycles. The molecule has 0 aromatic rings. The van der Waals surface area contributed by atoms with Crippen LogP contribution in [0.3, 0.4) is 0 Å². The summed E-state index contributed by atoms with van der Waals surface area (Å²) in [6.07, 6.45) is 8.11. The number of carbonyl (C=O) groups is 4. The fourth-order valence-electron chi connectivity index (χ4n) is 2.61. The van der Waals surface area contributed by atoms with Crippen molar-refractivity contribution in [3.63, 3.8) is 0 Å². The van der Waals surface area contributed by atoms with Crippen LogP contribution in [0.15, 0.2) is 0 Å². The van der Waals surface area contributed by atoms with E-state index in [1.807, 2.05) is 0 Å². The summed E-state index contributed by atoms with van der Waals surface area (Å²) in [6, 6.07) is 0. The number of carboxylic acids is 3. The third-order valence-electron chi connectivity index (χ3n) is 4.42. The molecule has 0 saturated carbocycles. The van der Waals surface area contributed by atoms with Crippen molar-refractivity contribution in [3.8, 4) is 0 Å². The van der Waals surface area contributed by atoms with Gasteiger partial charge in [0.2, 0.25) is 0 Å². The van der Waals surface area contributed by atoms with Crippen LogP contribution in [0.2, 0.25) is 0 Å². The lowest BCUT2D eigenvalue weighted by molar-refractivity contribution is -0.170. The second-order valence-electron chi connectivity index (χ2n) is 7.58. The standard InChI is InChI=1S/C15H30O4.C6H8O7/c1-2-3-4-5-6-7-8-9-10-11-15(18)19-13-14(17)12-16;7-3(8)1-6(13,5(11)12)2-4(9)10/h14,16-17H,2-13H2,1H3;13H,1-2H2,(H,7,8)(H,9,10)(H,11,12). The smallest absolute Gasteiger partial charge is 0.336 e. The molecule has 1 unspecified atom stereocenters. The van der Waals surface area contributed by atoms with Gasteiger partial charge in [0.15, 0.2) is 5.60 Å². The van der Waals surface area contributed by atoms with E-state index in [0.717, 1.165) is 12.8 Å². The van der Waals surface area contributed by atoms with Gasteiger partial charge in [-0.1, -0.05) is 58.3 Å². The molecule has 32 heavy (non-hydrogen) atoms. The van der Waals surface area contributed by atoms with E-state index in [-0.39, 0.29) is 19.2 Å².